The van der Waals surface area contributed by atoms with Gasteiger partial charge in [-0.2, -0.15) is 5.10 Å². The van der Waals surface area contributed by atoms with Crippen LogP contribution in [0.25, 0.3) is 11.3 Å². The van der Waals surface area contributed by atoms with E-state index >= 15 is 0 Å². The van der Waals surface area contributed by atoms with E-state index in [1.54, 1.807) is 35.9 Å². The number of hydrogen-bond acceptors (Lipinski definition) is 3. The molecule has 4 rings (SSSR count). The van der Waals surface area contributed by atoms with Crippen molar-refractivity contribution in [2.45, 2.75) is 20.8 Å². The quantitative estimate of drug-likeness (QED) is 0.354. The number of rotatable bonds is 4. The molecule has 0 aliphatic heterocycles. The Morgan fingerprint density at radius 1 is 1.07 bits per heavy atom. The number of halogens is 2. The fourth-order valence-corrected chi connectivity index (χ4v) is 3.82. The number of hydrogen-bond donors (Lipinski definition) is 1. The van der Waals surface area contributed by atoms with E-state index in [4.69, 9.17) is 23.2 Å². The molecular formula is C22H19Cl2N5O. The first-order valence-corrected chi connectivity index (χ1v) is 10.0. The molecule has 0 atom stereocenters. The van der Waals surface area contributed by atoms with Gasteiger partial charge in [0.1, 0.15) is 11.3 Å². The fraction of sp³-hybridized carbons (Fsp3) is 0.136. The average molecular weight is 440 g/mol. The Hall–Kier alpha value is -3.09. The van der Waals surface area contributed by atoms with Crippen LogP contribution in [0.2, 0.25) is 10.0 Å². The number of nitrogens with one attached hydrogen (secondary N) is 1. The lowest BCUT2D eigenvalue weighted by Gasteiger charge is -2.09. The van der Waals surface area contributed by atoms with Crippen LogP contribution in [0.4, 0.5) is 0 Å². The Bertz CT molecular complexity index is 1290. The van der Waals surface area contributed by atoms with E-state index in [0.717, 1.165) is 22.6 Å². The molecule has 1 aromatic carbocycles. The van der Waals surface area contributed by atoms with Gasteiger partial charge < -0.3 is 4.57 Å². The highest BCUT2D eigenvalue weighted by Crippen LogP contribution is 2.21. The van der Waals surface area contributed by atoms with E-state index in [1.807, 2.05) is 44.2 Å². The van der Waals surface area contributed by atoms with Gasteiger partial charge in [0.25, 0.3) is 5.91 Å². The Morgan fingerprint density at radius 3 is 2.50 bits per heavy atom. The third-order valence-electron chi connectivity index (χ3n) is 4.90. The number of carbonyl (C=O) groups is 1. The summed E-state index contributed by atoms with van der Waals surface area (Å²) in [5.41, 5.74) is 8.21. The number of pyridine rings is 1. The zero-order valence-electron chi connectivity index (χ0n) is 16.6. The van der Waals surface area contributed by atoms with Crippen molar-refractivity contribution in [3.8, 4) is 5.69 Å². The van der Waals surface area contributed by atoms with Crippen LogP contribution in [-0.4, -0.2) is 26.1 Å². The number of nitrogens with zero attached hydrogens (tertiary/aromatic N) is 4. The largest absolute Gasteiger partial charge is 0.318 e. The van der Waals surface area contributed by atoms with Gasteiger partial charge in [0, 0.05) is 33.9 Å². The van der Waals surface area contributed by atoms with Crippen LogP contribution in [0.5, 0.6) is 0 Å². The molecule has 0 unspecified atom stereocenters. The number of aryl methyl sites for hydroxylation is 2. The standard InChI is InChI=1S/C22H19Cl2N5O/c1-13-10-16(15(3)29(13)19-7-4-17(23)5-8-19)11-25-27-22(30)21-14(2)26-20-9-6-18(24)12-28(20)21/h4-12H,1-3H3,(H,27,30)/b25-11+. The lowest BCUT2D eigenvalue weighted by molar-refractivity contribution is 0.0948. The summed E-state index contributed by atoms with van der Waals surface area (Å²) in [7, 11) is 0. The van der Waals surface area contributed by atoms with Gasteiger partial charge in [0.2, 0.25) is 0 Å². The summed E-state index contributed by atoms with van der Waals surface area (Å²) in [4.78, 5) is 17.1. The molecule has 0 fully saturated rings. The molecule has 152 valence electrons. The highest BCUT2D eigenvalue weighted by atomic mass is 35.5. The Balaban J connectivity index is 1.58. The van der Waals surface area contributed by atoms with Crippen LogP contribution in [0, 0.1) is 20.8 Å². The number of fused-ring (bicyclic) bond motifs is 1. The highest BCUT2D eigenvalue weighted by Gasteiger charge is 2.16. The molecule has 3 heterocycles. The predicted molar refractivity (Wildman–Crippen MR) is 120 cm³/mol. The second-order valence-electron chi connectivity index (χ2n) is 6.96. The highest BCUT2D eigenvalue weighted by molar-refractivity contribution is 6.30. The van der Waals surface area contributed by atoms with Crippen molar-refractivity contribution in [2.75, 3.05) is 0 Å². The lowest BCUT2D eigenvalue weighted by atomic mass is 10.2. The Kier molecular flexibility index (Phi) is 5.37. The van der Waals surface area contributed by atoms with Crippen molar-refractivity contribution >= 4 is 41.0 Å². The molecule has 0 aliphatic rings. The van der Waals surface area contributed by atoms with Gasteiger partial charge in [-0.15, -0.1) is 0 Å². The number of imidazole rings is 1. The molecule has 4 aromatic rings. The van der Waals surface area contributed by atoms with Crippen molar-refractivity contribution in [1.82, 2.24) is 19.4 Å². The summed E-state index contributed by atoms with van der Waals surface area (Å²) in [6.45, 7) is 5.80. The maximum atomic E-state index is 12.7. The summed E-state index contributed by atoms with van der Waals surface area (Å²) in [6.07, 6.45) is 3.30. The van der Waals surface area contributed by atoms with E-state index in [-0.39, 0.29) is 5.91 Å². The van der Waals surface area contributed by atoms with E-state index in [0.29, 0.717) is 27.1 Å². The van der Waals surface area contributed by atoms with E-state index in [9.17, 15) is 4.79 Å². The minimum Gasteiger partial charge on any atom is -0.318 e. The smallest absolute Gasteiger partial charge is 0.290 e. The van der Waals surface area contributed by atoms with E-state index in [2.05, 4.69) is 20.1 Å². The van der Waals surface area contributed by atoms with Crippen molar-refractivity contribution in [2.24, 2.45) is 5.10 Å². The second-order valence-corrected chi connectivity index (χ2v) is 7.83. The van der Waals surface area contributed by atoms with Crippen LogP contribution in [-0.2, 0) is 0 Å². The van der Waals surface area contributed by atoms with Crippen LogP contribution >= 0.6 is 23.2 Å². The fourth-order valence-electron chi connectivity index (χ4n) is 3.53. The van der Waals surface area contributed by atoms with Gasteiger partial charge in [-0.05, 0) is 63.2 Å². The summed E-state index contributed by atoms with van der Waals surface area (Å²) in [5, 5.41) is 5.37. The molecule has 6 nitrogen and oxygen atoms in total. The molecule has 0 bridgehead atoms. The number of benzene rings is 1. The van der Waals surface area contributed by atoms with Crippen molar-refractivity contribution in [3.63, 3.8) is 0 Å². The summed E-state index contributed by atoms with van der Waals surface area (Å²) in [5.74, 6) is -0.356. The number of aromatic nitrogens is 3. The van der Waals surface area contributed by atoms with Crippen LogP contribution in [0.15, 0.2) is 53.8 Å². The maximum Gasteiger partial charge on any atom is 0.290 e. The first-order valence-electron chi connectivity index (χ1n) is 9.27. The van der Waals surface area contributed by atoms with Crippen molar-refractivity contribution in [3.05, 3.63) is 87.0 Å². The zero-order chi connectivity index (χ0) is 21.4. The molecule has 30 heavy (non-hydrogen) atoms. The minimum atomic E-state index is -0.356. The average Bonchev–Trinajstić information content (AvgIpc) is 3.17. The topological polar surface area (TPSA) is 63.7 Å². The van der Waals surface area contributed by atoms with Gasteiger partial charge in [-0.25, -0.2) is 10.4 Å². The molecule has 1 amide bonds. The predicted octanol–water partition coefficient (Wildman–Crippen LogP) is 5.12. The monoisotopic (exact) mass is 439 g/mol. The molecular weight excluding hydrogens is 421 g/mol. The van der Waals surface area contributed by atoms with E-state index < -0.39 is 0 Å². The molecule has 0 spiro atoms. The Morgan fingerprint density at radius 2 is 1.77 bits per heavy atom. The van der Waals surface area contributed by atoms with Gasteiger partial charge in [-0.1, -0.05) is 23.2 Å². The molecule has 0 radical (unpaired) electrons. The van der Waals surface area contributed by atoms with Crippen LogP contribution in [0.3, 0.4) is 0 Å². The van der Waals surface area contributed by atoms with Gasteiger partial charge in [0.05, 0.1) is 16.9 Å². The molecule has 8 heteroatoms. The summed E-state index contributed by atoms with van der Waals surface area (Å²) >= 11 is 12.1. The first-order chi connectivity index (χ1) is 14.3. The third-order valence-corrected chi connectivity index (χ3v) is 5.37. The molecule has 0 aliphatic carbocycles. The molecule has 3 aromatic heterocycles. The van der Waals surface area contributed by atoms with Crippen molar-refractivity contribution in [1.29, 1.82) is 0 Å². The number of hydrazone groups is 1. The summed E-state index contributed by atoms with van der Waals surface area (Å²) < 4.78 is 3.77. The second kappa shape index (κ2) is 7.97. The number of carbonyl (C=O) groups excluding carboxylic acids is 1. The first kappa shape index (κ1) is 20.2. The summed E-state index contributed by atoms with van der Waals surface area (Å²) in [6, 6.07) is 13.1. The van der Waals surface area contributed by atoms with E-state index in [1.165, 1.54) is 0 Å². The normalized spacial score (nSPS) is 11.5. The van der Waals surface area contributed by atoms with Crippen molar-refractivity contribution < 1.29 is 4.79 Å². The van der Waals surface area contributed by atoms with Crippen LogP contribution < -0.4 is 5.43 Å². The van der Waals surface area contributed by atoms with Gasteiger partial charge in [0.15, 0.2) is 0 Å². The molecule has 0 saturated heterocycles. The molecule has 1 N–H and O–H groups in total. The van der Waals surface area contributed by atoms with Crippen LogP contribution in [0.1, 0.15) is 33.1 Å². The number of amides is 1. The maximum absolute atomic E-state index is 12.7. The SMILES string of the molecule is Cc1nc2ccc(Cl)cn2c1C(=O)N/N=C/c1cc(C)n(-c2ccc(Cl)cc2)c1C. The van der Waals surface area contributed by atoms with Gasteiger partial charge in [-0.3, -0.25) is 9.20 Å². The third kappa shape index (κ3) is 3.72. The zero-order valence-corrected chi connectivity index (χ0v) is 18.2. The Labute approximate surface area is 183 Å². The molecule has 0 saturated carbocycles. The van der Waals surface area contributed by atoms with Gasteiger partial charge >= 0.3 is 0 Å². The lowest BCUT2D eigenvalue weighted by Crippen LogP contribution is -2.20. The minimum absolute atomic E-state index is 0.356.